The Balaban J connectivity index is 1.91. The number of carbonyl (C=O) groups is 1. The van der Waals surface area contributed by atoms with Crippen molar-refractivity contribution in [3.05, 3.63) is 57.9 Å². The largest absolute Gasteiger partial charge is 0.457 e. The summed E-state index contributed by atoms with van der Waals surface area (Å²) in [6.45, 7) is 3.75. The Kier molecular flexibility index (Phi) is 4.58. The van der Waals surface area contributed by atoms with Gasteiger partial charge >= 0.3 is 5.97 Å². The second kappa shape index (κ2) is 6.39. The van der Waals surface area contributed by atoms with E-state index in [0.717, 1.165) is 16.8 Å². The first-order chi connectivity index (χ1) is 9.56. The van der Waals surface area contributed by atoms with Crippen LogP contribution in [-0.4, -0.2) is 11.1 Å². The van der Waals surface area contributed by atoms with Gasteiger partial charge in [0.1, 0.15) is 12.4 Å². The van der Waals surface area contributed by atoms with Crippen LogP contribution in [0.3, 0.4) is 0 Å². The minimum Gasteiger partial charge on any atom is -0.457 e. The number of rotatable bonds is 4. The molecule has 2 aromatic rings. The molecule has 0 radical (unpaired) electrons. The summed E-state index contributed by atoms with van der Waals surface area (Å²) >= 11 is 5.78. The summed E-state index contributed by atoms with van der Waals surface area (Å²) in [5, 5.41) is 4.45. The SMILES string of the molecule is Cc1noc(C)c1COC(=O)C=Cc1ccc(Cl)cc1. The maximum atomic E-state index is 11.6. The Bertz CT molecular complexity index is 610. The van der Waals surface area contributed by atoms with Crippen molar-refractivity contribution in [3.8, 4) is 0 Å². The van der Waals surface area contributed by atoms with Crippen LogP contribution in [0.5, 0.6) is 0 Å². The lowest BCUT2D eigenvalue weighted by Gasteiger charge is -2.01. The van der Waals surface area contributed by atoms with Gasteiger partial charge in [-0.05, 0) is 37.6 Å². The Morgan fingerprint density at radius 3 is 2.65 bits per heavy atom. The Labute approximate surface area is 122 Å². The highest BCUT2D eigenvalue weighted by Crippen LogP contribution is 2.14. The van der Waals surface area contributed by atoms with Gasteiger partial charge in [-0.3, -0.25) is 0 Å². The van der Waals surface area contributed by atoms with Gasteiger partial charge in [0, 0.05) is 11.1 Å². The molecular formula is C15H14ClNO3. The molecule has 0 bridgehead atoms. The number of hydrogen-bond donors (Lipinski definition) is 0. The highest BCUT2D eigenvalue weighted by Gasteiger charge is 2.10. The summed E-state index contributed by atoms with van der Waals surface area (Å²) in [5.41, 5.74) is 2.42. The fourth-order valence-corrected chi connectivity index (χ4v) is 1.76. The number of hydrogen-bond acceptors (Lipinski definition) is 4. The summed E-state index contributed by atoms with van der Waals surface area (Å²) in [6.07, 6.45) is 3.05. The number of aryl methyl sites for hydroxylation is 2. The monoisotopic (exact) mass is 291 g/mol. The number of esters is 1. The van der Waals surface area contributed by atoms with Gasteiger partial charge in [0.25, 0.3) is 0 Å². The Morgan fingerprint density at radius 2 is 2.05 bits per heavy atom. The van der Waals surface area contributed by atoms with Crippen molar-refractivity contribution >= 4 is 23.6 Å². The van der Waals surface area contributed by atoms with Crippen molar-refractivity contribution in [1.82, 2.24) is 5.16 Å². The van der Waals surface area contributed by atoms with Gasteiger partial charge < -0.3 is 9.26 Å². The first-order valence-corrected chi connectivity index (χ1v) is 6.46. The highest BCUT2D eigenvalue weighted by molar-refractivity contribution is 6.30. The van der Waals surface area contributed by atoms with Gasteiger partial charge in [-0.25, -0.2) is 4.79 Å². The molecule has 0 spiro atoms. The van der Waals surface area contributed by atoms with Crippen molar-refractivity contribution < 1.29 is 14.1 Å². The van der Waals surface area contributed by atoms with E-state index in [4.69, 9.17) is 20.9 Å². The third kappa shape index (κ3) is 3.71. The number of benzene rings is 1. The minimum atomic E-state index is -0.417. The van der Waals surface area contributed by atoms with Gasteiger partial charge in [-0.2, -0.15) is 0 Å². The van der Waals surface area contributed by atoms with Crippen molar-refractivity contribution in [1.29, 1.82) is 0 Å². The molecule has 0 aliphatic carbocycles. The number of ether oxygens (including phenoxy) is 1. The summed E-state index contributed by atoms with van der Waals surface area (Å²) in [7, 11) is 0. The fourth-order valence-electron chi connectivity index (χ4n) is 1.64. The molecule has 1 aromatic carbocycles. The van der Waals surface area contributed by atoms with E-state index in [1.807, 2.05) is 19.1 Å². The van der Waals surface area contributed by atoms with Gasteiger partial charge in [0.05, 0.1) is 11.3 Å². The van der Waals surface area contributed by atoms with Crippen LogP contribution in [0.1, 0.15) is 22.6 Å². The first kappa shape index (κ1) is 14.3. The van der Waals surface area contributed by atoms with Gasteiger partial charge in [-0.15, -0.1) is 0 Å². The van der Waals surface area contributed by atoms with Gasteiger partial charge in [0.2, 0.25) is 0 Å². The summed E-state index contributed by atoms with van der Waals surface area (Å²) in [6, 6.07) is 7.16. The van der Waals surface area contributed by atoms with Crippen LogP contribution in [-0.2, 0) is 16.1 Å². The van der Waals surface area contributed by atoms with E-state index in [1.54, 1.807) is 25.1 Å². The van der Waals surface area contributed by atoms with E-state index in [0.29, 0.717) is 10.8 Å². The number of halogens is 1. The van der Waals surface area contributed by atoms with Crippen molar-refractivity contribution in [2.24, 2.45) is 0 Å². The standard InChI is InChI=1S/C15H14ClNO3/c1-10-14(11(2)20-17-10)9-19-15(18)8-5-12-3-6-13(16)7-4-12/h3-8H,9H2,1-2H3. The van der Waals surface area contributed by atoms with E-state index in [2.05, 4.69) is 5.16 Å². The van der Waals surface area contributed by atoms with Gasteiger partial charge in [-0.1, -0.05) is 28.9 Å². The van der Waals surface area contributed by atoms with Crippen molar-refractivity contribution in [2.75, 3.05) is 0 Å². The molecular weight excluding hydrogens is 278 g/mol. The van der Waals surface area contributed by atoms with Crippen molar-refractivity contribution in [2.45, 2.75) is 20.5 Å². The molecule has 4 nitrogen and oxygen atoms in total. The predicted molar refractivity (Wildman–Crippen MR) is 76.3 cm³/mol. The normalized spacial score (nSPS) is 10.9. The van der Waals surface area contributed by atoms with Crippen LogP contribution < -0.4 is 0 Å². The third-order valence-corrected chi connectivity index (χ3v) is 3.07. The number of nitrogens with zero attached hydrogens (tertiary/aromatic N) is 1. The molecule has 0 amide bonds. The van der Waals surface area contributed by atoms with Crippen LogP contribution in [0.15, 0.2) is 34.9 Å². The molecule has 1 aromatic heterocycles. The van der Waals surface area contributed by atoms with Crippen molar-refractivity contribution in [3.63, 3.8) is 0 Å². The summed E-state index contributed by atoms with van der Waals surface area (Å²) in [5.74, 6) is 0.247. The highest BCUT2D eigenvalue weighted by atomic mass is 35.5. The third-order valence-electron chi connectivity index (χ3n) is 2.82. The molecule has 0 N–H and O–H groups in total. The summed E-state index contributed by atoms with van der Waals surface area (Å²) in [4.78, 5) is 11.6. The number of carbonyl (C=O) groups excluding carboxylic acids is 1. The van der Waals surface area contributed by atoms with Crippen LogP contribution in [0.4, 0.5) is 0 Å². The zero-order valence-corrected chi connectivity index (χ0v) is 12.0. The van der Waals surface area contributed by atoms with Crippen LogP contribution in [0, 0.1) is 13.8 Å². The van der Waals surface area contributed by atoms with E-state index < -0.39 is 5.97 Å². The second-order valence-electron chi connectivity index (χ2n) is 4.30. The number of aromatic nitrogens is 1. The maximum Gasteiger partial charge on any atom is 0.331 e. The lowest BCUT2D eigenvalue weighted by Crippen LogP contribution is -2.02. The lowest BCUT2D eigenvalue weighted by molar-refractivity contribution is -0.138. The molecule has 20 heavy (non-hydrogen) atoms. The van der Waals surface area contributed by atoms with Crippen LogP contribution in [0.2, 0.25) is 5.02 Å². The maximum absolute atomic E-state index is 11.6. The molecule has 0 atom stereocenters. The molecule has 0 saturated heterocycles. The molecule has 1 heterocycles. The molecule has 0 aliphatic rings. The lowest BCUT2D eigenvalue weighted by atomic mass is 10.2. The Morgan fingerprint density at radius 1 is 1.35 bits per heavy atom. The van der Waals surface area contributed by atoms with E-state index in [1.165, 1.54) is 6.08 Å². The first-order valence-electron chi connectivity index (χ1n) is 6.08. The predicted octanol–water partition coefficient (Wildman–Crippen LogP) is 3.70. The topological polar surface area (TPSA) is 52.3 Å². The van der Waals surface area contributed by atoms with Crippen LogP contribution >= 0.6 is 11.6 Å². The molecule has 104 valence electrons. The molecule has 0 aliphatic heterocycles. The smallest absolute Gasteiger partial charge is 0.331 e. The average Bonchev–Trinajstić information content (AvgIpc) is 2.75. The molecule has 0 fully saturated rings. The molecule has 0 saturated carbocycles. The van der Waals surface area contributed by atoms with E-state index >= 15 is 0 Å². The quantitative estimate of drug-likeness (QED) is 0.636. The molecule has 2 rings (SSSR count). The average molecular weight is 292 g/mol. The van der Waals surface area contributed by atoms with Crippen LogP contribution in [0.25, 0.3) is 6.08 Å². The van der Waals surface area contributed by atoms with Gasteiger partial charge in [0.15, 0.2) is 0 Å². The van der Waals surface area contributed by atoms with E-state index in [-0.39, 0.29) is 6.61 Å². The zero-order chi connectivity index (χ0) is 14.5. The summed E-state index contributed by atoms with van der Waals surface area (Å²) < 4.78 is 10.1. The Hall–Kier alpha value is -2.07. The fraction of sp³-hybridized carbons (Fsp3) is 0.200. The molecule has 0 unspecified atom stereocenters. The van der Waals surface area contributed by atoms with E-state index in [9.17, 15) is 4.79 Å². The molecule has 5 heteroatoms. The minimum absolute atomic E-state index is 0.158. The zero-order valence-electron chi connectivity index (χ0n) is 11.2. The second-order valence-corrected chi connectivity index (χ2v) is 4.73.